The third-order valence-corrected chi connectivity index (χ3v) is 6.35. The zero-order valence-corrected chi connectivity index (χ0v) is 20.0. The highest BCUT2D eigenvalue weighted by Crippen LogP contribution is 2.47. The summed E-state index contributed by atoms with van der Waals surface area (Å²) in [4.78, 5) is 23.8. The molecule has 0 bridgehead atoms. The van der Waals surface area contributed by atoms with E-state index in [9.17, 15) is 9.59 Å². The number of carbonyl (C=O) groups is 2. The van der Waals surface area contributed by atoms with Crippen molar-refractivity contribution in [1.29, 1.82) is 0 Å². The Labute approximate surface area is 194 Å². The average molecular weight is 461 g/mol. The molecule has 0 spiro atoms. The molecule has 1 atom stereocenters. The number of halogens is 1. The van der Waals surface area contributed by atoms with Gasteiger partial charge in [0.05, 0.1) is 16.4 Å². The molecular weight excluding hydrogens is 428 g/mol. The number of nitrogens with one attached hydrogen (secondary N) is 1. The van der Waals surface area contributed by atoms with Crippen LogP contribution in [-0.4, -0.2) is 22.1 Å². The largest absolute Gasteiger partial charge is 0.481 e. The predicted molar refractivity (Wildman–Crippen MR) is 125 cm³/mol. The van der Waals surface area contributed by atoms with Crippen LogP contribution in [0.5, 0.6) is 0 Å². The second kappa shape index (κ2) is 10.1. The van der Waals surface area contributed by atoms with Gasteiger partial charge >= 0.3 is 5.97 Å². The van der Waals surface area contributed by atoms with Crippen molar-refractivity contribution < 1.29 is 19.2 Å². The minimum Gasteiger partial charge on any atom is -0.481 e. The van der Waals surface area contributed by atoms with Gasteiger partial charge in [0.15, 0.2) is 0 Å². The van der Waals surface area contributed by atoms with E-state index in [1.165, 1.54) is 6.42 Å². The number of carboxylic acid groups (broad SMARTS) is 1. The molecule has 1 aromatic carbocycles. The van der Waals surface area contributed by atoms with Crippen molar-refractivity contribution in [2.75, 3.05) is 5.32 Å². The normalized spacial score (nSPS) is 19.3. The van der Waals surface area contributed by atoms with Crippen molar-refractivity contribution in [2.45, 2.75) is 78.1 Å². The van der Waals surface area contributed by atoms with E-state index >= 15 is 0 Å². The number of carboxylic acids is 1. The fraction of sp³-hybridized carbons (Fsp3) is 0.560. The van der Waals surface area contributed by atoms with E-state index in [1.807, 2.05) is 19.1 Å². The Morgan fingerprint density at radius 3 is 2.62 bits per heavy atom. The van der Waals surface area contributed by atoms with Gasteiger partial charge < -0.3 is 14.9 Å². The number of benzene rings is 1. The fourth-order valence-corrected chi connectivity index (χ4v) is 4.77. The Morgan fingerprint density at radius 2 is 2.00 bits per heavy atom. The van der Waals surface area contributed by atoms with Gasteiger partial charge in [0.25, 0.3) is 0 Å². The molecule has 1 saturated carbocycles. The molecule has 0 unspecified atom stereocenters. The molecule has 32 heavy (non-hydrogen) atoms. The fourth-order valence-electron chi connectivity index (χ4n) is 4.49. The number of carbonyl (C=O) groups excluding carboxylic acids is 1. The molecule has 0 saturated heterocycles. The topological polar surface area (TPSA) is 92.4 Å². The maximum Gasteiger partial charge on any atom is 0.303 e. The summed E-state index contributed by atoms with van der Waals surface area (Å²) < 4.78 is 5.62. The third kappa shape index (κ3) is 6.83. The number of rotatable bonds is 9. The van der Waals surface area contributed by atoms with Gasteiger partial charge in [0, 0.05) is 30.7 Å². The van der Waals surface area contributed by atoms with Gasteiger partial charge in [-0.25, -0.2) is 0 Å². The summed E-state index contributed by atoms with van der Waals surface area (Å²) in [6.07, 6.45) is 3.74. The second-order valence-corrected chi connectivity index (χ2v) is 10.7. The van der Waals surface area contributed by atoms with Crippen LogP contribution in [0.15, 0.2) is 28.8 Å². The molecular formula is C25H33ClN2O4. The summed E-state index contributed by atoms with van der Waals surface area (Å²) in [7, 11) is 0. The molecule has 174 valence electrons. The van der Waals surface area contributed by atoms with Gasteiger partial charge in [-0.2, -0.15) is 0 Å². The molecule has 1 aromatic heterocycles. The summed E-state index contributed by atoms with van der Waals surface area (Å²) in [6.45, 7) is 8.70. The molecule has 2 aromatic rings. The summed E-state index contributed by atoms with van der Waals surface area (Å²) >= 11 is 6.22. The highest BCUT2D eigenvalue weighted by atomic mass is 35.5. The number of aryl methyl sites for hydroxylation is 1. The number of aromatic nitrogens is 1. The molecule has 1 amide bonds. The van der Waals surface area contributed by atoms with Crippen LogP contribution in [-0.2, 0) is 9.59 Å². The van der Waals surface area contributed by atoms with Crippen LogP contribution in [0.1, 0.15) is 88.1 Å². The average Bonchev–Trinajstić information content (AvgIpc) is 3.12. The van der Waals surface area contributed by atoms with Crippen LogP contribution in [0.2, 0.25) is 5.02 Å². The Hall–Kier alpha value is -2.34. The van der Waals surface area contributed by atoms with Crippen LogP contribution in [0, 0.1) is 18.3 Å². The van der Waals surface area contributed by atoms with Crippen molar-refractivity contribution in [3.8, 4) is 0 Å². The molecule has 1 aliphatic rings. The zero-order valence-electron chi connectivity index (χ0n) is 19.3. The minimum absolute atomic E-state index is 0.0392. The molecule has 0 radical (unpaired) electrons. The Kier molecular flexibility index (Phi) is 7.65. The summed E-state index contributed by atoms with van der Waals surface area (Å²) in [5, 5.41) is 16.7. The molecule has 7 heteroatoms. The first kappa shape index (κ1) is 24.3. The van der Waals surface area contributed by atoms with Gasteiger partial charge in [-0.15, -0.1) is 0 Å². The van der Waals surface area contributed by atoms with Crippen molar-refractivity contribution in [3.63, 3.8) is 0 Å². The van der Waals surface area contributed by atoms with Gasteiger partial charge in [-0.1, -0.05) is 43.6 Å². The van der Waals surface area contributed by atoms with Crippen molar-refractivity contribution >= 4 is 29.2 Å². The molecule has 2 N–H and O–H groups in total. The van der Waals surface area contributed by atoms with Crippen LogP contribution in [0.4, 0.5) is 5.69 Å². The summed E-state index contributed by atoms with van der Waals surface area (Å²) in [5.74, 6) is 0.422. The zero-order chi connectivity index (χ0) is 23.5. The van der Waals surface area contributed by atoms with Gasteiger partial charge in [0.1, 0.15) is 5.76 Å². The molecule has 6 nitrogen and oxygen atoms in total. The first-order valence-corrected chi connectivity index (χ1v) is 11.6. The quantitative estimate of drug-likeness (QED) is 0.443. The first-order chi connectivity index (χ1) is 15.0. The number of hydrogen-bond acceptors (Lipinski definition) is 4. The van der Waals surface area contributed by atoms with Crippen LogP contribution in [0.25, 0.3) is 0 Å². The Morgan fingerprint density at radius 1 is 1.28 bits per heavy atom. The second-order valence-electron chi connectivity index (χ2n) is 10.3. The lowest BCUT2D eigenvalue weighted by molar-refractivity contribution is -0.137. The van der Waals surface area contributed by atoms with E-state index < -0.39 is 5.97 Å². The Balaban J connectivity index is 1.64. The minimum atomic E-state index is -0.898. The van der Waals surface area contributed by atoms with Crippen molar-refractivity contribution in [2.24, 2.45) is 11.3 Å². The highest BCUT2D eigenvalue weighted by molar-refractivity contribution is 6.33. The lowest BCUT2D eigenvalue weighted by Gasteiger charge is -2.37. The lowest BCUT2D eigenvalue weighted by Crippen LogP contribution is -2.25. The predicted octanol–water partition coefficient (Wildman–Crippen LogP) is 6.54. The van der Waals surface area contributed by atoms with E-state index in [-0.39, 0.29) is 24.7 Å². The standard InChI is InChI=1S/C25H33ClN2O4/c1-15-5-7-20(19(26)9-15)27-23(29)12-17(6-8-24(30)31)21-13-22(32-28-21)18-10-16(11-18)14-25(2,3)4/h5,7,9,13,16-18H,6,8,10-12,14H2,1-4H3,(H,27,29)(H,30,31)/t16?,17-,18?/m0/s1. The van der Waals surface area contributed by atoms with Crippen LogP contribution in [0.3, 0.4) is 0 Å². The number of amides is 1. The monoisotopic (exact) mass is 460 g/mol. The van der Waals surface area contributed by atoms with Crippen LogP contribution >= 0.6 is 11.6 Å². The van der Waals surface area contributed by atoms with E-state index in [0.29, 0.717) is 40.1 Å². The smallest absolute Gasteiger partial charge is 0.303 e. The molecule has 0 aliphatic heterocycles. The molecule has 3 rings (SSSR count). The van der Waals surface area contributed by atoms with E-state index in [4.69, 9.17) is 21.2 Å². The highest BCUT2D eigenvalue weighted by Gasteiger charge is 2.35. The maximum absolute atomic E-state index is 12.7. The Bertz CT molecular complexity index is 957. The number of anilines is 1. The molecule has 1 heterocycles. The maximum atomic E-state index is 12.7. The SMILES string of the molecule is Cc1ccc(NC(=O)C[C@H](CCC(=O)O)c2cc(C3CC(CC(C)(C)C)C3)on2)c(Cl)c1. The summed E-state index contributed by atoms with van der Waals surface area (Å²) in [6, 6.07) is 7.34. The molecule has 1 fully saturated rings. The van der Waals surface area contributed by atoms with Gasteiger partial charge in [0.2, 0.25) is 5.91 Å². The van der Waals surface area contributed by atoms with Crippen LogP contribution < -0.4 is 5.32 Å². The van der Waals surface area contributed by atoms with Crippen molar-refractivity contribution in [3.05, 3.63) is 46.3 Å². The number of hydrogen-bond donors (Lipinski definition) is 2. The van der Waals surface area contributed by atoms with E-state index in [1.54, 1.807) is 12.1 Å². The van der Waals surface area contributed by atoms with E-state index in [2.05, 4.69) is 31.2 Å². The third-order valence-electron chi connectivity index (χ3n) is 6.04. The number of aliphatic carboxylic acids is 1. The van der Waals surface area contributed by atoms with Gasteiger partial charge in [-0.05, 0) is 61.6 Å². The molecule has 1 aliphatic carbocycles. The lowest BCUT2D eigenvalue weighted by atomic mass is 9.67. The first-order valence-electron chi connectivity index (χ1n) is 11.2. The van der Waals surface area contributed by atoms with Gasteiger partial charge in [-0.3, -0.25) is 9.59 Å². The number of nitrogens with zero attached hydrogens (tertiary/aromatic N) is 1. The summed E-state index contributed by atoms with van der Waals surface area (Å²) in [5.41, 5.74) is 2.51. The van der Waals surface area contributed by atoms with E-state index in [0.717, 1.165) is 24.2 Å². The van der Waals surface area contributed by atoms with Crippen molar-refractivity contribution in [1.82, 2.24) is 5.16 Å².